The van der Waals surface area contributed by atoms with E-state index in [2.05, 4.69) is 9.97 Å². The Balaban J connectivity index is 1.57. The van der Waals surface area contributed by atoms with Crippen LogP contribution in [0.2, 0.25) is 0 Å². The molecule has 0 radical (unpaired) electrons. The smallest absolute Gasteiger partial charge is 0.331 e. The Labute approximate surface area is 161 Å². The second-order valence-electron chi connectivity index (χ2n) is 5.69. The van der Waals surface area contributed by atoms with Crippen LogP contribution in [0.4, 0.5) is 0 Å². The number of thiophene rings is 2. The summed E-state index contributed by atoms with van der Waals surface area (Å²) < 4.78 is 10.4. The number of hydrogen-bond donors (Lipinski definition) is 1. The lowest BCUT2D eigenvalue weighted by molar-refractivity contribution is -0.142. The van der Waals surface area contributed by atoms with Crippen LogP contribution in [0.3, 0.4) is 0 Å². The van der Waals surface area contributed by atoms with E-state index in [1.807, 2.05) is 22.9 Å². The summed E-state index contributed by atoms with van der Waals surface area (Å²) in [6.45, 7) is 1.66. The Morgan fingerprint density at radius 1 is 1.33 bits per heavy atom. The van der Waals surface area contributed by atoms with Gasteiger partial charge in [-0.3, -0.25) is 4.79 Å². The highest BCUT2D eigenvalue weighted by molar-refractivity contribution is 7.18. The highest BCUT2D eigenvalue weighted by Gasteiger charge is 2.18. The molecule has 0 aromatic carbocycles. The van der Waals surface area contributed by atoms with Crippen LogP contribution < -0.4 is 5.56 Å². The molecule has 1 N–H and O–H groups in total. The Morgan fingerprint density at radius 2 is 2.22 bits per heavy atom. The number of rotatable bonds is 5. The van der Waals surface area contributed by atoms with Crippen molar-refractivity contribution in [2.45, 2.75) is 13.0 Å². The van der Waals surface area contributed by atoms with Crippen molar-refractivity contribution < 1.29 is 13.9 Å². The molecule has 0 bridgehead atoms. The van der Waals surface area contributed by atoms with Gasteiger partial charge in [-0.05, 0) is 36.6 Å². The maximum atomic E-state index is 12.6. The number of ether oxygens (including phenoxy) is 1. The van der Waals surface area contributed by atoms with Crippen LogP contribution >= 0.6 is 22.7 Å². The highest BCUT2D eigenvalue weighted by atomic mass is 32.1. The molecule has 0 saturated carbocycles. The quantitative estimate of drug-likeness (QED) is 0.391. The van der Waals surface area contributed by atoms with Crippen molar-refractivity contribution >= 4 is 44.9 Å². The van der Waals surface area contributed by atoms with Crippen molar-refractivity contribution in [3.05, 3.63) is 69.3 Å². The van der Waals surface area contributed by atoms with Gasteiger partial charge in [0.25, 0.3) is 5.56 Å². The molecule has 0 aliphatic rings. The Bertz CT molecular complexity index is 1150. The minimum Gasteiger partial charge on any atom is -0.465 e. The van der Waals surface area contributed by atoms with Crippen LogP contribution in [-0.2, 0) is 9.53 Å². The number of esters is 1. The number of fused-ring (bicyclic) bond motifs is 1. The maximum absolute atomic E-state index is 12.6. The lowest BCUT2D eigenvalue weighted by Gasteiger charge is -2.11. The number of nitrogens with zero attached hydrogens (tertiary/aromatic N) is 1. The van der Waals surface area contributed by atoms with Crippen molar-refractivity contribution in [3.63, 3.8) is 0 Å². The lowest BCUT2D eigenvalue weighted by Crippen LogP contribution is -2.16. The van der Waals surface area contributed by atoms with Crippen LogP contribution in [-0.4, -0.2) is 15.9 Å². The maximum Gasteiger partial charge on any atom is 0.331 e. The monoisotopic (exact) mass is 398 g/mol. The number of H-pyrrole nitrogens is 1. The third kappa shape index (κ3) is 3.62. The standard InChI is InChI=1S/C19H14N2O4S2/c1-11(25-15(22)7-6-12-4-2-8-24-12)17-20-18(23)16-13(10-27-19(16)21-17)14-5-3-9-26-14/h2-11H,1H3,(H,20,21,23)/b7-6+/t11-/m0/s1. The molecule has 136 valence electrons. The van der Waals surface area contributed by atoms with Crippen molar-refractivity contribution in [3.8, 4) is 10.4 Å². The molecule has 6 nitrogen and oxygen atoms in total. The van der Waals surface area contributed by atoms with Crippen LogP contribution in [0.1, 0.15) is 24.6 Å². The second kappa shape index (κ2) is 7.34. The predicted molar refractivity (Wildman–Crippen MR) is 106 cm³/mol. The van der Waals surface area contributed by atoms with E-state index >= 15 is 0 Å². The molecule has 0 spiro atoms. The molecule has 0 fully saturated rings. The topological polar surface area (TPSA) is 85.2 Å². The number of aromatic nitrogens is 2. The van der Waals surface area contributed by atoms with Crippen molar-refractivity contribution in [1.82, 2.24) is 9.97 Å². The first kappa shape index (κ1) is 17.4. The summed E-state index contributed by atoms with van der Waals surface area (Å²) >= 11 is 2.96. The molecule has 27 heavy (non-hydrogen) atoms. The zero-order valence-electron chi connectivity index (χ0n) is 14.2. The molecule has 0 amide bonds. The number of carbonyl (C=O) groups excluding carboxylic acids is 1. The third-order valence-electron chi connectivity index (χ3n) is 3.85. The van der Waals surface area contributed by atoms with Crippen LogP contribution in [0.15, 0.2) is 56.6 Å². The van der Waals surface area contributed by atoms with Gasteiger partial charge < -0.3 is 14.1 Å². The van der Waals surface area contributed by atoms with Crippen molar-refractivity contribution in [2.24, 2.45) is 0 Å². The zero-order valence-corrected chi connectivity index (χ0v) is 15.8. The molecule has 4 rings (SSSR count). The molecule has 0 saturated heterocycles. The van der Waals surface area contributed by atoms with E-state index < -0.39 is 12.1 Å². The Hall–Kier alpha value is -2.97. The largest absolute Gasteiger partial charge is 0.465 e. The van der Waals surface area contributed by atoms with Crippen LogP contribution in [0, 0.1) is 0 Å². The minimum atomic E-state index is -0.692. The van der Waals surface area contributed by atoms with Gasteiger partial charge in [-0.15, -0.1) is 22.7 Å². The number of aromatic amines is 1. The van der Waals surface area contributed by atoms with Gasteiger partial charge in [0, 0.05) is 21.9 Å². The van der Waals surface area contributed by atoms with Gasteiger partial charge >= 0.3 is 5.97 Å². The number of carbonyl (C=O) groups is 1. The normalized spacial score (nSPS) is 12.6. The molecule has 4 aromatic rings. The molecule has 0 aliphatic heterocycles. The number of hydrogen-bond acceptors (Lipinski definition) is 7. The van der Waals surface area contributed by atoms with E-state index in [1.165, 1.54) is 29.8 Å². The zero-order chi connectivity index (χ0) is 18.8. The van der Waals surface area contributed by atoms with Crippen LogP contribution in [0.25, 0.3) is 26.7 Å². The fourth-order valence-electron chi connectivity index (χ4n) is 2.58. The Morgan fingerprint density at radius 3 is 2.96 bits per heavy atom. The summed E-state index contributed by atoms with van der Waals surface area (Å²) in [5.74, 6) is 0.311. The minimum absolute atomic E-state index is 0.242. The lowest BCUT2D eigenvalue weighted by atomic mass is 10.2. The third-order valence-corrected chi connectivity index (χ3v) is 5.63. The highest BCUT2D eigenvalue weighted by Crippen LogP contribution is 2.33. The van der Waals surface area contributed by atoms with E-state index in [0.29, 0.717) is 21.8 Å². The van der Waals surface area contributed by atoms with Crippen molar-refractivity contribution in [1.29, 1.82) is 0 Å². The summed E-state index contributed by atoms with van der Waals surface area (Å²) in [6, 6.07) is 7.36. The van der Waals surface area contributed by atoms with Gasteiger partial charge in [-0.25, -0.2) is 9.78 Å². The molecule has 4 aromatic heterocycles. The van der Waals surface area contributed by atoms with Gasteiger partial charge in [0.05, 0.1) is 11.6 Å². The molecule has 0 unspecified atom stereocenters. The number of nitrogens with one attached hydrogen (secondary N) is 1. The van der Waals surface area contributed by atoms with Crippen LogP contribution in [0.5, 0.6) is 0 Å². The summed E-state index contributed by atoms with van der Waals surface area (Å²) in [4.78, 5) is 33.4. The number of furan rings is 1. The fourth-order valence-corrected chi connectivity index (χ4v) is 4.35. The molecule has 8 heteroatoms. The SMILES string of the molecule is C[C@H](OC(=O)/C=C/c1ccco1)c1nc2scc(-c3cccs3)c2c(=O)[nH]1. The molecular weight excluding hydrogens is 384 g/mol. The van der Waals surface area contributed by atoms with E-state index in [1.54, 1.807) is 30.4 Å². The average molecular weight is 398 g/mol. The molecule has 4 heterocycles. The summed E-state index contributed by atoms with van der Waals surface area (Å²) in [5, 5.41) is 4.44. The molecule has 0 aliphatic carbocycles. The predicted octanol–water partition coefficient (Wildman–Crippen LogP) is 4.62. The van der Waals surface area contributed by atoms with Gasteiger partial charge in [0.1, 0.15) is 10.6 Å². The van der Waals surface area contributed by atoms with Gasteiger partial charge in [-0.1, -0.05) is 6.07 Å². The van der Waals surface area contributed by atoms with E-state index in [-0.39, 0.29) is 5.56 Å². The summed E-state index contributed by atoms with van der Waals surface area (Å²) in [6.07, 6.45) is 3.61. The van der Waals surface area contributed by atoms with E-state index in [0.717, 1.165) is 10.4 Å². The van der Waals surface area contributed by atoms with Gasteiger partial charge in [-0.2, -0.15) is 0 Å². The molecular formula is C19H14N2O4S2. The van der Waals surface area contributed by atoms with Crippen molar-refractivity contribution in [2.75, 3.05) is 0 Å². The van der Waals surface area contributed by atoms with E-state index in [4.69, 9.17) is 9.15 Å². The second-order valence-corrected chi connectivity index (χ2v) is 7.49. The molecule has 1 atom stereocenters. The van der Waals surface area contributed by atoms with E-state index in [9.17, 15) is 9.59 Å². The summed E-state index contributed by atoms with van der Waals surface area (Å²) in [7, 11) is 0. The fraction of sp³-hybridized carbons (Fsp3) is 0.105. The first-order valence-electron chi connectivity index (χ1n) is 8.09. The average Bonchev–Trinajstić information content (AvgIpc) is 3.39. The first-order chi connectivity index (χ1) is 13.1. The summed E-state index contributed by atoms with van der Waals surface area (Å²) in [5.41, 5.74) is 0.630. The van der Waals surface area contributed by atoms with Gasteiger partial charge in [0.2, 0.25) is 0 Å². The van der Waals surface area contributed by atoms with Gasteiger partial charge in [0.15, 0.2) is 11.9 Å². The first-order valence-corrected chi connectivity index (χ1v) is 9.85. The Kier molecular flexibility index (Phi) is 4.74.